The quantitative estimate of drug-likeness (QED) is 0.841. The second kappa shape index (κ2) is 7.01. The molecule has 1 aromatic heterocycles. The number of anilines is 1. The molecule has 0 bridgehead atoms. The fourth-order valence-electron chi connectivity index (χ4n) is 2.63. The molecule has 0 radical (unpaired) electrons. The maximum atomic E-state index is 12.7. The fraction of sp³-hybridized carbons (Fsp3) is 0.267. The normalized spacial score (nSPS) is 18.7. The topological polar surface area (TPSA) is 66.5 Å². The Labute approximate surface area is 154 Å². The highest BCUT2D eigenvalue weighted by molar-refractivity contribution is 7.91. The monoisotopic (exact) mass is 404 g/mol. The molecule has 24 heavy (non-hydrogen) atoms. The van der Waals surface area contributed by atoms with Crippen LogP contribution in [0.2, 0.25) is 10.0 Å². The Bertz CT molecular complexity index is 854. The van der Waals surface area contributed by atoms with Crippen LogP contribution in [-0.2, 0) is 14.8 Å². The Hall–Kier alpha value is -1.12. The minimum Gasteiger partial charge on any atom is -0.323 e. The van der Waals surface area contributed by atoms with E-state index in [1.165, 1.54) is 4.31 Å². The average Bonchev–Trinajstić information content (AvgIpc) is 3.22. The van der Waals surface area contributed by atoms with E-state index in [1.807, 2.05) is 0 Å². The summed E-state index contributed by atoms with van der Waals surface area (Å²) in [5.74, 6) is -0.406. The van der Waals surface area contributed by atoms with Crippen molar-refractivity contribution < 1.29 is 13.2 Å². The number of carbonyl (C=O) groups is 1. The van der Waals surface area contributed by atoms with Crippen molar-refractivity contribution in [3.8, 4) is 0 Å². The van der Waals surface area contributed by atoms with Crippen LogP contribution >= 0.6 is 34.5 Å². The highest BCUT2D eigenvalue weighted by atomic mass is 35.5. The molecule has 1 saturated heterocycles. The Morgan fingerprint density at radius 1 is 1.25 bits per heavy atom. The third-order valence-electron chi connectivity index (χ3n) is 3.77. The summed E-state index contributed by atoms with van der Waals surface area (Å²) in [4.78, 5) is 12.6. The van der Waals surface area contributed by atoms with Crippen molar-refractivity contribution >= 4 is 56.2 Å². The molecule has 1 atom stereocenters. The van der Waals surface area contributed by atoms with Gasteiger partial charge in [-0.1, -0.05) is 35.3 Å². The molecule has 1 amide bonds. The summed E-state index contributed by atoms with van der Waals surface area (Å²) in [6.07, 6.45) is 1.10. The summed E-state index contributed by atoms with van der Waals surface area (Å²) in [6.45, 7) is 0.321. The van der Waals surface area contributed by atoms with Crippen molar-refractivity contribution in [1.82, 2.24) is 4.31 Å². The summed E-state index contributed by atoms with van der Waals surface area (Å²) in [6, 6.07) is 7.36. The molecule has 0 aliphatic carbocycles. The molecule has 1 aliphatic rings. The van der Waals surface area contributed by atoms with E-state index in [0.717, 1.165) is 11.3 Å². The van der Waals surface area contributed by atoms with Crippen LogP contribution in [-0.4, -0.2) is 31.2 Å². The van der Waals surface area contributed by atoms with Gasteiger partial charge in [0, 0.05) is 6.54 Å². The van der Waals surface area contributed by atoms with Crippen LogP contribution in [0.1, 0.15) is 12.8 Å². The van der Waals surface area contributed by atoms with E-state index in [4.69, 9.17) is 23.2 Å². The van der Waals surface area contributed by atoms with Gasteiger partial charge in [0.25, 0.3) is 10.0 Å². The lowest BCUT2D eigenvalue weighted by molar-refractivity contribution is -0.119. The molecule has 3 rings (SSSR count). The third-order valence-corrected chi connectivity index (χ3v) is 7.87. The van der Waals surface area contributed by atoms with Gasteiger partial charge in [-0.25, -0.2) is 8.42 Å². The van der Waals surface area contributed by atoms with Crippen molar-refractivity contribution in [2.24, 2.45) is 0 Å². The summed E-state index contributed by atoms with van der Waals surface area (Å²) >= 11 is 13.2. The second-order valence-corrected chi connectivity index (χ2v) is 9.15. The number of thiophene rings is 1. The number of halogens is 2. The van der Waals surface area contributed by atoms with Crippen LogP contribution in [0.3, 0.4) is 0 Å². The fourth-order valence-corrected chi connectivity index (χ4v) is 5.76. The first-order valence-corrected chi connectivity index (χ1v) is 10.3. The first kappa shape index (κ1) is 17.7. The van der Waals surface area contributed by atoms with Crippen LogP contribution in [0.25, 0.3) is 0 Å². The van der Waals surface area contributed by atoms with Crippen LogP contribution in [0.4, 0.5) is 5.69 Å². The first-order valence-electron chi connectivity index (χ1n) is 7.21. The third kappa shape index (κ3) is 3.32. The van der Waals surface area contributed by atoms with Gasteiger partial charge in [0.05, 0.1) is 15.7 Å². The van der Waals surface area contributed by atoms with Gasteiger partial charge in [0.2, 0.25) is 5.91 Å². The number of benzene rings is 1. The Morgan fingerprint density at radius 2 is 2.04 bits per heavy atom. The molecule has 0 spiro atoms. The van der Waals surface area contributed by atoms with Crippen LogP contribution < -0.4 is 5.32 Å². The van der Waals surface area contributed by atoms with E-state index in [1.54, 1.807) is 35.7 Å². The highest BCUT2D eigenvalue weighted by Crippen LogP contribution is 2.32. The summed E-state index contributed by atoms with van der Waals surface area (Å²) in [5, 5.41) is 4.94. The SMILES string of the molecule is O=C(Nc1cccc(Cl)c1Cl)C1CCCN1S(=O)(=O)c1cccs1. The molecule has 2 heterocycles. The minimum atomic E-state index is -3.67. The smallest absolute Gasteiger partial charge is 0.253 e. The molecule has 1 aromatic carbocycles. The number of nitrogens with zero attached hydrogens (tertiary/aromatic N) is 1. The molecule has 1 N–H and O–H groups in total. The lowest BCUT2D eigenvalue weighted by atomic mass is 10.2. The molecule has 1 fully saturated rings. The molecule has 9 heteroatoms. The van der Waals surface area contributed by atoms with Crippen LogP contribution in [0.15, 0.2) is 39.9 Å². The van der Waals surface area contributed by atoms with Gasteiger partial charge in [-0.05, 0) is 36.4 Å². The van der Waals surface area contributed by atoms with Gasteiger partial charge >= 0.3 is 0 Å². The highest BCUT2D eigenvalue weighted by Gasteiger charge is 2.40. The van der Waals surface area contributed by atoms with E-state index in [9.17, 15) is 13.2 Å². The summed E-state index contributed by atoms with van der Waals surface area (Å²) in [7, 11) is -3.67. The molecule has 1 aliphatic heterocycles. The van der Waals surface area contributed by atoms with Gasteiger partial charge in [-0.3, -0.25) is 4.79 Å². The molecule has 5 nitrogen and oxygen atoms in total. The van der Waals surface area contributed by atoms with E-state index in [2.05, 4.69) is 5.32 Å². The molecule has 1 unspecified atom stereocenters. The van der Waals surface area contributed by atoms with E-state index >= 15 is 0 Å². The van der Waals surface area contributed by atoms with Crippen molar-refractivity contribution in [2.75, 3.05) is 11.9 Å². The van der Waals surface area contributed by atoms with E-state index in [0.29, 0.717) is 30.1 Å². The van der Waals surface area contributed by atoms with E-state index in [-0.39, 0.29) is 9.23 Å². The van der Waals surface area contributed by atoms with Crippen molar-refractivity contribution in [3.05, 3.63) is 45.8 Å². The number of amides is 1. The number of hydrogen-bond donors (Lipinski definition) is 1. The van der Waals surface area contributed by atoms with Gasteiger partial charge < -0.3 is 5.32 Å². The first-order chi connectivity index (χ1) is 11.4. The second-order valence-electron chi connectivity index (χ2n) is 5.30. The molecule has 2 aromatic rings. The van der Waals surface area contributed by atoms with Gasteiger partial charge in [0.1, 0.15) is 10.3 Å². The molecule has 128 valence electrons. The van der Waals surface area contributed by atoms with Crippen molar-refractivity contribution in [2.45, 2.75) is 23.1 Å². The van der Waals surface area contributed by atoms with Gasteiger partial charge in [0.15, 0.2) is 0 Å². The lowest BCUT2D eigenvalue weighted by Gasteiger charge is -2.23. The predicted molar refractivity (Wildman–Crippen MR) is 96.3 cm³/mol. The average molecular weight is 405 g/mol. The number of rotatable bonds is 4. The maximum absolute atomic E-state index is 12.7. The number of sulfonamides is 1. The van der Waals surface area contributed by atoms with Crippen molar-refractivity contribution in [3.63, 3.8) is 0 Å². The maximum Gasteiger partial charge on any atom is 0.253 e. The number of hydrogen-bond acceptors (Lipinski definition) is 4. The minimum absolute atomic E-state index is 0.234. The Kier molecular flexibility index (Phi) is 5.17. The zero-order chi connectivity index (χ0) is 17.3. The molecular formula is C15H14Cl2N2O3S2. The van der Waals surface area contributed by atoms with Crippen molar-refractivity contribution in [1.29, 1.82) is 0 Å². The molecule has 0 saturated carbocycles. The summed E-state index contributed by atoms with van der Waals surface area (Å²) in [5.41, 5.74) is 0.370. The van der Waals surface area contributed by atoms with Crippen LogP contribution in [0.5, 0.6) is 0 Å². The Balaban J connectivity index is 1.83. The number of nitrogens with one attached hydrogen (secondary N) is 1. The van der Waals surface area contributed by atoms with Crippen LogP contribution in [0, 0.1) is 0 Å². The zero-order valence-electron chi connectivity index (χ0n) is 12.4. The number of carbonyl (C=O) groups excluding carboxylic acids is 1. The standard InChI is InChI=1S/C15H14Cl2N2O3S2/c16-10-4-1-5-11(14(10)17)18-15(20)12-6-2-8-19(12)24(21,22)13-7-3-9-23-13/h1,3-5,7,9,12H,2,6,8H2,(H,18,20). The van der Waals surface area contributed by atoms with E-state index < -0.39 is 22.0 Å². The Morgan fingerprint density at radius 3 is 2.75 bits per heavy atom. The lowest BCUT2D eigenvalue weighted by Crippen LogP contribution is -2.42. The zero-order valence-corrected chi connectivity index (χ0v) is 15.6. The molecular weight excluding hydrogens is 391 g/mol. The summed E-state index contributed by atoms with van der Waals surface area (Å²) < 4.78 is 26.9. The van der Waals surface area contributed by atoms with Gasteiger partial charge in [-0.15, -0.1) is 11.3 Å². The van der Waals surface area contributed by atoms with Gasteiger partial charge in [-0.2, -0.15) is 4.31 Å². The predicted octanol–water partition coefficient (Wildman–Crippen LogP) is 3.85. The largest absolute Gasteiger partial charge is 0.323 e.